The third-order valence-corrected chi connectivity index (χ3v) is 4.67. The first-order valence-electron chi connectivity index (χ1n) is 8.08. The van der Waals surface area contributed by atoms with E-state index in [1.165, 1.54) is 0 Å². The summed E-state index contributed by atoms with van der Waals surface area (Å²) < 4.78 is 1.04. The molecule has 0 saturated carbocycles. The number of carbonyl (C=O) groups excluding carboxylic acids is 1. The molecule has 0 aliphatic carbocycles. The van der Waals surface area contributed by atoms with Gasteiger partial charge in [0.1, 0.15) is 0 Å². The first-order valence-corrected chi connectivity index (χ1v) is 8.88. The maximum Gasteiger partial charge on any atom is 0.220 e. The van der Waals surface area contributed by atoms with Crippen molar-refractivity contribution in [1.82, 2.24) is 15.3 Å². The molecule has 3 rings (SSSR count). The van der Waals surface area contributed by atoms with Gasteiger partial charge in [-0.25, -0.2) is 0 Å². The number of hydrogen-bond donors (Lipinski definition) is 1. The summed E-state index contributed by atoms with van der Waals surface area (Å²) in [4.78, 5) is 20.7. The van der Waals surface area contributed by atoms with Crippen LogP contribution in [-0.2, 0) is 17.8 Å². The molecule has 0 radical (unpaired) electrons. The van der Waals surface area contributed by atoms with Gasteiger partial charge >= 0.3 is 0 Å². The number of rotatable bonds is 6. The molecule has 2 heterocycles. The first kappa shape index (κ1) is 17.3. The van der Waals surface area contributed by atoms with Crippen molar-refractivity contribution in [3.8, 4) is 11.3 Å². The molecule has 0 spiro atoms. The van der Waals surface area contributed by atoms with E-state index < -0.39 is 0 Å². The number of pyridine rings is 2. The van der Waals surface area contributed by atoms with Gasteiger partial charge in [0.2, 0.25) is 5.91 Å². The van der Waals surface area contributed by atoms with E-state index in [0.717, 1.165) is 26.9 Å². The van der Waals surface area contributed by atoms with E-state index in [0.29, 0.717) is 19.4 Å². The quantitative estimate of drug-likeness (QED) is 0.681. The van der Waals surface area contributed by atoms with Gasteiger partial charge < -0.3 is 5.32 Å². The average molecular weight is 396 g/mol. The molecule has 0 fully saturated rings. The van der Waals surface area contributed by atoms with Crippen LogP contribution in [0.15, 0.2) is 71.6 Å². The second-order valence-corrected chi connectivity index (χ2v) is 6.47. The van der Waals surface area contributed by atoms with Crippen molar-refractivity contribution in [2.45, 2.75) is 19.4 Å². The number of amides is 1. The minimum atomic E-state index is 0.0280. The summed E-state index contributed by atoms with van der Waals surface area (Å²) in [5.41, 5.74) is 3.99. The number of carbonyl (C=O) groups is 1. The summed E-state index contributed by atoms with van der Waals surface area (Å²) in [5, 5.41) is 2.99. The second-order valence-electron chi connectivity index (χ2n) is 5.62. The van der Waals surface area contributed by atoms with E-state index >= 15 is 0 Å². The second kappa shape index (κ2) is 8.53. The van der Waals surface area contributed by atoms with Crippen LogP contribution in [-0.4, -0.2) is 15.9 Å². The Morgan fingerprint density at radius 2 is 1.72 bits per heavy atom. The highest BCUT2D eigenvalue weighted by Crippen LogP contribution is 2.20. The minimum Gasteiger partial charge on any atom is -0.352 e. The van der Waals surface area contributed by atoms with Gasteiger partial charge in [-0.2, -0.15) is 0 Å². The van der Waals surface area contributed by atoms with Gasteiger partial charge in [0.15, 0.2) is 0 Å². The smallest absolute Gasteiger partial charge is 0.220 e. The molecule has 0 aliphatic heterocycles. The van der Waals surface area contributed by atoms with E-state index in [-0.39, 0.29) is 5.91 Å². The van der Waals surface area contributed by atoms with Gasteiger partial charge in [-0.1, -0.05) is 40.2 Å². The fraction of sp³-hybridized carbons (Fsp3) is 0.150. The third kappa shape index (κ3) is 4.73. The van der Waals surface area contributed by atoms with Crippen LogP contribution < -0.4 is 5.32 Å². The van der Waals surface area contributed by atoms with Gasteiger partial charge in [-0.15, -0.1) is 0 Å². The van der Waals surface area contributed by atoms with Crippen LogP contribution in [0.5, 0.6) is 0 Å². The summed E-state index contributed by atoms with van der Waals surface area (Å²) >= 11 is 3.51. The molecule has 25 heavy (non-hydrogen) atoms. The Balaban J connectivity index is 1.60. The molecule has 2 aromatic heterocycles. The Labute approximate surface area is 155 Å². The molecule has 1 N–H and O–H groups in total. The van der Waals surface area contributed by atoms with Crippen molar-refractivity contribution in [3.63, 3.8) is 0 Å². The average Bonchev–Trinajstić information content (AvgIpc) is 2.66. The fourth-order valence-corrected chi connectivity index (χ4v) is 3.07. The van der Waals surface area contributed by atoms with E-state index in [1.807, 2.05) is 48.5 Å². The zero-order valence-corrected chi connectivity index (χ0v) is 15.2. The molecular weight excluding hydrogens is 378 g/mol. The summed E-state index contributed by atoms with van der Waals surface area (Å²) in [6, 6.07) is 15.7. The molecule has 0 bridgehead atoms. The van der Waals surface area contributed by atoms with Gasteiger partial charge in [-0.3, -0.25) is 14.8 Å². The highest BCUT2D eigenvalue weighted by molar-refractivity contribution is 9.10. The zero-order chi connectivity index (χ0) is 17.5. The van der Waals surface area contributed by atoms with Crippen LogP contribution in [0.4, 0.5) is 0 Å². The molecule has 0 saturated heterocycles. The molecule has 126 valence electrons. The van der Waals surface area contributed by atoms with Crippen molar-refractivity contribution >= 4 is 21.8 Å². The molecule has 1 aromatic carbocycles. The van der Waals surface area contributed by atoms with Crippen molar-refractivity contribution in [2.75, 3.05) is 0 Å². The zero-order valence-electron chi connectivity index (χ0n) is 13.7. The highest BCUT2D eigenvalue weighted by Gasteiger charge is 2.09. The molecule has 3 aromatic rings. The molecular formula is C20H18BrN3O. The number of nitrogens with zero attached hydrogens (tertiary/aromatic N) is 2. The molecule has 4 nitrogen and oxygen atoms in total. The number of halogens is 1. The van der Waals surface area contributed by atoms with Gasteiger partial charge in [0.25, 0.3) is 0 Å². The standard InChI is InChI=1S/C20H18BrN3O/c21-18-6-2-1-4-15(18)7-8-19(25)24-14-17-5-3-11-23-20(17)16-9-12-22-13-10-16/h1-6,9-13H,7-8,14H2,(H,24,25). The number of aromatic nitrogens is 2. The molecule has 0 unspecified atom stereocenters. The monoisotopic (exact) mass is 395 g/mol. The summed E-state index contributed by atoms with van der Waals surface area (Å²) in [6.07, 6.45) is 6.40. The molecule has 5 heteroatoms. The van der Waals surface area contributed by atoms with Crippen molar-refractivity contribution in [1.29, 1.82) is 0 Å². The first-order chi connectivity index (χ1) is 12.2. The van der Waals surface area contributed by atoms with Crippen molar-refractivity contribution in [3.05, 3.63) is 82.7 Å². The minimum absolute atomic E-state index is 0.0280. The summed E-state index contributed by atoms with van der Waals surface area (Å²) in [5.74, 6) is 0.0280. The SMILES string of the molecule is O=C(CCc1ccccc1Br)NCc1cccnc1-c1ccncc1. The number of nitrogens with one attached hydrogen (secondary N) is 1. The lowest BCUT2D eigenvalue weighted by Crippen LogP contribution is -2.23. The lowest BCUT2D eigenvalue weighted by atomic mass is 10.1. The summed E-state index contributed by atoms with van der Waals surface area (Å²) in [7, 11) is 0. The maximum atomic E-state index is 12.2. The normalized spacial score (nSPS) is 10.4. The molecule has 0 aliphatic rings. The third-order valence-electron chi connectivity index (χ3n) is 3.90. The van der Waals surface area contributed by atoms with E-state index in [4.69, 9.17) is 0 Å². The van der Waals surface area contributed by atoms with Crippen LogP contribution >= 0.6 is 15.9 Å². The van der Waals surface area contributed by atoms with E-state index in [9.17, 15) is 4.79 Å². The predicted octanol–water partition coefficient (Wildman–Crippen LogP) is 4.16. The van der Waals surface area contributed by atoms with Crippen LogP contribution in [0.2, 0.25) is 0 Å². The largest absolute Gasteiger partial charge is 0.352 e. The van der Waals surface area contributed by atoms with Crippen LogP contribution in [0.25, 0.3) is 11.3 Å². The Kier molecular flexibility index (Phi) is 5.90. The van der Waals surface area contributed by atoms with Crippen molar-refractivity contribution < 1.29 is 4.79 Å². The Bertz CT molecular complexity index is 852. The van der Waals surface area contributed by atoms with Gasteiger partial charge in [0.05, 0.1) is 5.69 Å². The summed E-state index contributed by atoms with van der Waals surface area (Å²) in [6.45, 7) is 0.459. The number of benzene rings is 1. The maximum absolute atomic E-state index is 12.2. The van der Waals surface area contributed by atoms with Crippen LogP contribution in [0.3, 0.4) is 0 Å². The topological polar surface area (TPSA) is 54.9 Å². The fourth-order valence-electron chi connectivity index (χ4n) is 2.58. The van der Waals surface area contributed by atoms with Crippen LogP contribution in [0, 0.1) is 0 Å². The van der Waals surface area contributed by atoms with Crippen LogP contribution in [0.1, 0.15) is 17.5 Å². The van der Waals surface area contributed by atoms with Gasteiger partial charge in [-0.05, 0) is 41.8 Å². The predicted molar refractivity (Wildman–Crippen MR) is 102 cm³/mol. The van der Waals surface area contributed by atoms with E-state index in [2.05, 4.69) is 31.2 Å². The Hall–Kier alpha value is -2.53. The molecule has 1 amide bonds. The van der Waals surface area contributed by atoms with Crippen molar-refractivity contribution in [2.24, 2.45) is 0 Å². The number of aryl methyl sites for hydroxylation is 1. The number of hydrogen-bond acceptors (Lipinski definition) is 3. The lowest BCUT2D eigenvalue weighted by Gasteiger charge is -2.10. The van der Waals surface area contributed by atoms with Gasteiger partial charge in [0, 0.05) is 41.6 Å². The Morgan fingerprint density at radius 3 is 2.52 bits per heavy atom. The Morgan fingerprint density at radius 1 is 0.960 bits per heavy atom. The van der Waals surface area contributed by atoms with E-state index in [1.54, 1.807) is 18.6 Å². The lowest BCUT2D eigenvalue weighted by molar-refractivity contribution is -0.121. The highest BCUT2D eigenvalue weighted by atomic mass is 79.9. The molecule has 0 atom stereocenters.